The molecule has 0 aromatic heterocycles. The molecule has 0 unspecified atom stereocenters. The normalized spacial score (nSPS) is 11.4. The van der Waals surface area contributed by atoms with Crippen LogP contribution in [-0.2, 0) is 9.53 Å². The van der Waals surface area contributed by atoms with Crippen molar-refractivity contribution in [3.05, 3.63) is 40.9 Å². The van der Waals surface area contributed by atoms with E-state index in [1.165, 1.54) is 23.7 Å². The van der Waals surface area contributed by atoms with Crippen LogP contribution in [0, 0.1) is 0 Å². The number of hydrogen-bond donors (Lipinski definition) is 0. The van der Waals surface area contributed by atoms with Crippen LogP contribution in [0.15, 0.2) is 40.9 Å². The molecular weight excluding hydrogens is 315 g/mol. The predicted octanol–water partition coefficient (Wildman–Crippen LogP) is 3.43. The van der Waals surface area contributed by atoms with Crippen molar-refractivity contribution in [2.75, 3.05) is 6.61 Å². The second-order valence-corrected chi connectivity index (χ2v) is 6.89. The molecule has 110 valence electrons. The standard InChI is InChI=1S/C17H24O2Se/c1-3-5-6-7-11-14-16(17(18)19-4-2)20-15-12-9-8-10-13-15/h8-10,12-14H,3-7,11H2,1-2H3/b16-14-. The first-order valence-corrected chi connectivity index (χ1v) is 9.09. The number of hydrogen-bond acceptors (Lipinski definition) is 2. The van der Waals surface area contributed by atoms with Gasteiger partial charge < -0.3 is 0 Å². The van der Waals surface area contributed by atoms with Crippen LogP contribution in [0.2, 0.25) is 0 Å². The number of unbranched alkanes of at least 4 members (excludes halogenated alkanes) is 4. The predicted molar refractivity (Wildman–Crippen MR) is 85.3 cm³/mol. The van der Waals surface area contributed by atoms with Crippen LogP contribution in [-0.4, -0.2) is 27.5 Å². The quantitative estimate of drug-likeness (QED) is 0.298. The fourth-order valence-corrected chi connectivity index (χ4v) is 3.66. The molecule has 0 atom stereocenters. The number of rotatable bonds is 9. The van der Waals surface area contributed by atoms with Crippen LogP contribution in [0.25, 0.3) is 0 Å². The molecule has 0 radical (unpaired) electrons. The maximum absolute atomic E-state index is 12.0. The van der Waals surface area contributed by atoms with E-state index in [4.69, 9.17) is 4.74 Å². The van der Waals surface area contributed by atoms with E-state index in [0.717, 1.165) is 17.3 Å². The van der Waals surface area contributed by atoms with Crippen LogP contribution in [0.5, 0.6) is 0 Å². The molecule has 0 aliphatic rings. The average Bonchev–Trinajstić information content (AvgIpc) is 2.47. The molecule has 0 fully saturated rings. The Morgan fingerprint density at radius 2 is 1.90 bits per heavy atom. The van der Waals surface area contributed by atoms with Gasteiger partial charge in [0, 0.05) is 0 Å². The molecule has 0 saturated heterocycles. The van der Waals surface area contributed by atoms with E-state index in [9.17, 15) is 4.79 Å². The van der Waals surface area contributed by atoms with Gasteiger partial charge in [0.2, 0.25) is 0 Å². The number of allylic oxidation sites excluding steroid dienone is 1. The molecule has 0 aliphatic carbocycles. The molecule has 0 amide bonds. The van der Waals surface area contributed by atoms with Gasteiger partial charge in [-0.3, -0.25) is 0 Å². The molecule has 3 heteroatoms. The van der Waals surface area contributed by atoms with E-state index in [1.807, 2.05) is 25.1 Å². The van der Waals surface area contributed by atoms with Crippen molar-refractivity contribution in [2.24, 2.45) is 0 Å². The zero-order valence-corrected chi connectivity index (χ0v) is 14.1. The van der Waals surface area contributed by atoms with E-state index < -0.39 is 0 Å². The Bertz CT molecular complexity index is 412. The zero-order valence-electron chi connectivity index (χ0n) is 12.4. The number of esters is 1. The van der Waals surface area contributed by atoms with Gasteiger partial charge in [0.1, 0.15) is 0 Å². The van der Waals surface area contributed by atoms with Gasteiger partial charge in [-0.1, -0.05) is 0 Å². The van der Waals surface area contributed by atoms with Crippen molar-refractivity contribution in [3.63, 3.8) is 0 Å². The minimum absolute atomic E-state index is 0.0400. The molecule has 0 N–H and O–H groups in total. The summed E-state index contributed by atoms with van der Waals surface area (Å²) in [4.78, 5) is 12.0. The molecular formula is C17H24O2Se. The number of carbonyl (C=O) groups is 1. The fraction of sp³-hybridized carbons (Fsp3) is 0.471. The van der Waals surface area contributed by atoms with E-state index in [2.05, 4.69) is 25.1 Å². The summed E-state index contributed by atoms with van der Waals surface area (Å²) in [6, 6.07) is 10.2. The summed E-state index contributed by atoms with van der Waals surface area (Å²) in [5, 5.41) is 0. The molecule has 0 spiro atoms. The molecule has 1 rings (SSSR count). The van der Waals surface area contributed by atoms with Crippen molar-refractivity contribution < 1.29 is 9.53 Å². The molecule has 1 aromatic carbocycles. The van der Waals surface area contributed by atoms with Crippen LogP contribution >= 0.6 is 0 Å². The Labute approximate surface area is 128 Å². The Kier molecular flexibility index (Phi) is 9.10. The summed E-state index contributed by atoms with van der Waals surface area (Å²) in [5.74, 6) is -0.146. The van der Waals surface area contributed by atoms with Crippen LogP contribution in [0.4, 0.5) is 0 Å². The second kappa shape index (κ2) is 10.7. The van der Waals surface area contributed by atoms with E-state index in [0.29, 0.717) is 6.61 Å². The first-order chi connectivity index (χ1) is 9.77. The van der Waals surface area contributed by atoms with Crippen molar-refractivity contribution in [2.45, 2.75) is 46.0 Å². The van der Waals surface area contributed by atoms with Gasteiger partial charge in [-0.05, 0) is 0 Å². The number of benzene rings is 1. The number of ether oxygens (including phenoxy) is 1. The molecule has 0 heterocycles. The van der Waals surface area contributed by atoms with E-state index in [-0.39, 0.29) is 20.9 Å². The molecule has 1 aromatic rings. The summed E-state index contributed by atoms with van der Waals surface area (Å²) in [6.07, 6.45) is 7.96. The molecule has 0 aliphatic heterocycles. The van der Waals surface area contributed by atoms with Crippen LogP contribution in [0.3, 0.4) is 0 Å². The molecule has 20 heavy (non-hydrogen) atoms. The summed E-state index contributed by atoms with van der Waals surface area (Å²) >= 11 is 0.0400. The Balaban J connectivity index is 2.60. The van der Waals surface area contributed by atoms with Gasteiger partial charge in [-0.2, -0.15) is 0 Å². The third-order valence-corrected chi connectivity index (χ3v) is 5.06. The van der Waals surface area contributed by atoms with Crippen LogP contribution in [0.1, 0.15) is 46.0 Å². The van der Waals surface area contributed by atoms with E-state index >= 15 is 0 Å². The molecule has 0 saturated carbocycles. The van der Waals surface area contributed by atoms with Crippen molar-refractivity contribution in [3.8, 4) is 0 Å². The van der Waals surface area contributed by atoms with Gasteiger partial charge in [0.15, 0.2) is 0 Å². The Morgan fingerprint density at radius 1 is 1.15 bits per heavy atom. The average molecular weight is 339 g/mol. The first kappa shape index (κ1) is 17.0. The summed E-state index contributed by atoms with van der Waals surface area (Å²) < 4.78 is 7.23. The first-order valence-electron chi connectivity index (χ1n) is 7.38. The van der Waals surface area contributed by atoms with Crippen molar-refractivity contribution >= 4 is 25.4 Å². The van der Waals surface area contributed by atoms with Gasteiger partial charge >= 0.3 is 128 Å². The van der Waals surface area contributed by atoms with Gasteiger partial charge in [-0.25, -0.2) is 0 Å². The number of carbonyl (C=O) groups excluding carboxylic acids is 1. The van der Waals surface area contributed by atoms with Crippen molar-refractivity contribution in [1.82, 2.24) is 0 Å². The third-order valence-electron chi connectivity index (χ3n) is 2.84. The third kappa shape index (κ3) is 6.93. The fourth-order valence-electron chi connectivity index (χ4n) is 1.79. The zero-order chi connectivity index (χ0) is 14.6. The van der Waals surface area contributed by atoms with Gasteiger partial charge in [-0.15, -0.1) is 0 Å². The van der Waals surface area contributed by atoms with Crippen LogP contribution < -0.4 is 4.46 Å². The molecule has 2 nitrogen and oxygen atoms in total. The Hall–Kier alpha value is -1.05. The maximum atomic E-state index is 12.0. The van der Waals surface area contributed by atoms with E-state index in [1.54, 1.807) is 0 Å². The molecule has 0 bridgehead atoms. The van der Waals surface area contributed by atoms with Crippen molar-refractivity contribution in [1.29, 1.82) is 0 Å². The Morgan fingerprint density at radius 3 is 2.55 bits per heavy atom. The second-order valence-electron chi connectivity index (χ2n) is 4.55. The van der Waals surface area contributed by atoms with Gasteiger partial charge in [0.25, 0.3) is 0 Å². The minimum atomic E-state index is -0.146. The summed E-state index contributed by atoms with van der Waals surface area (Å²) in [7, 11) is 0. The monoisotopic (exact) mass is 340 g/mol. The topological polar surface area (TPSA) is 26.3 Å². The summed E-state index contributed by atoms with van der Waals surface area (Å²) in [6.45, 7) is 4.50. The van der Waals surface area contributed by atoms with Gasteiger partial charge in [0.05, 0.1) is 0 Å². The SMILES string of the molecule is CCCCCC/C=C(\[Se]c1ccccc1)C(=O)OCC. The summed E-state index contributed by atoms with van der Waals surface area (Å²) in [5.41, 5.74) is 0.